The molecule has 8 nitrogen and oxygen atoms in total. The topological polar surface area (TPSA) is 96.6 Å². The van der Waals surface area contributed by atoms with Gasteiger partial charge in [0.25, 0.3) is 0 Å². The van der Waals surface area contributed by atoms with E-state index in [0.717, 1.165) is 31.6 Å². The number of aromatic nitrogens is 1. The Balaban J connectivity index is 1.28. The summed E-state index contributed by atoms with van der Waals surface area (Å²) in [6.07, 6.45) is 1.50. The van der Waals surface area contributed by atoms with E-state index in [2.05, 4.69) is 15.5 Å². The van der Waals surface area contributed by atoms with E-state index in [1.54, 1.807) is 25.1 Å². The van der Waals surface area contributed by atoms with Crippen LogP contribution in [0.15, 0.2) is 63.8 Å². The van der Waals surface area contributed by atoms with Crippen LogP contribution in [0, 0.1) is 0 Å². The lowest BCUT2D eigenvalue weighted by molar-refractivity contribution is -0.125. The number of fused-ring (bicyclic) bond motifs is 1. The number of amides is 2. The fourth-order valence-electron chi connectivity index (χ4n) is 3.95. The summed E-state index contributed by atoms with van der Waals surface area (Å²) in [6.45, 7) is 3.45. The number of carbonyl (C=O) groups is 2. The molecule has 1 fully saturated rings. The van der Waals surface area contributed by atoms with Crippen molar-refractivity contribution in [2.75, 3.05) is 25.0 Å². The number of piperidine rings is 1. The number of nitrogens with zero attached hydrogens (tertiary/aromatic N) is 2. The number of benzene rings is 2. The van der Waals surface area contributed by atoms with Crippen molar-refractivity contribution in [3.8, 4) is 0 Å². The molecule has 1 aliphatic rings. The van der Waals surface area contributed by atoms with Crippen molar-refractivity contribution < 1.29 is 14.0 Å². The molecule has 8 heteroatoms. The van der Waals surface area contributed by atoms with Gasteiger partial charge in [-0.2, -0.15) is 0 Å². The first-order valence-electron chi connectivity index (χ1n) is 10.5. The summed E-state index contributed by atoms with van der Waals surface area (Å²) < 4.78 is 6.62. The number of para-hydroxylation sites is 3. The molecule has 162 valence electrons. The average Bonchev–Trinajstić information content (AvgIpc) is 3.10. The fraction of sp³-hybridized carbons (Fsp3) is 0.348. The van der Waals surface area contributed by atoms with Crippen molar-refractivity contribution in [2.24, 2.45) is 0 Å². The maximum absolute atomic E-state index is 12.8. The Kier molecular flexibility index (Phi) is 6.18. The third-order valence-corrected chi connectivity index (χ3v) is 5.64. The summed E-state index contributed by atoms with van der Waals surface area (Å²) in [5, 5.41) is 5.94. The second kappa shape index (κ2) is 9.18. The first kappa shape index (κ1) is 20.9. The molecule has 3 aromatic rings. The zero-order valence-corrected chi connectivity index (χ0v) is 17.4. The van der Waals surface area contributed by atoms with E-state index < -0.39 is 11.8 Å². The summed E-state index contributed by atoms with van der Waals surface area (Å²) in [5.41, 5.74) is 1.86. The van der Waals surface area contributed by atoms with Gasteiger partial charge in [0.15, 0.2) is 5.58 Å². The van der Waals surface area contributed by atoms with Crippen LogP contribution < -0.4 is 16.4 Å². The number of nitrogens with one attached hydrogen (secondary N) is 2. The molecule has 2 heterocycles. The van der Waals surface area contributed by atoms with Gasteiger partial charge < -0.3 is 15.1 Å². The van der Waals surface area contributed by atoms with Crippen LogP contribution in [0.1, 0.15) is 25.8 Å². The normalized spacial score (nSPS) is 16.2. The number of hydrogen-bond acceptors (Lipinski definition) is 5. The summed E-state index contributed by atoms with van der Waals surface area (Å²) in [7, 11) is 0. The molecule has 31 heavy (non-hydrogen) atoms. The standard InChI is InChI=1S/C23H26N4O4/c1-16(27-19-9-5-6-10-20(19)31-23(27)30)22(29)25-18-11-13-26(14-12-18)15-21(28)24-17-7-3-2-4-8-17/h2-10,16,18H,11-15H2,1H3,(H,24,28)(H,25,29). The Bertz CT molecular complexity index is 1110. The molecule has 1 saturated heterocycles. The van der Waals surface area contributed by atoms with Gasteiger partial charge in [-0.05, 0) is 44.0 Å². The van der Waals surface area contributed by atoms with Crippen molar-refractivity contribution in [3.05, 3.63) is 65.1 Å². The van der Waals surface area contributed by atoms with Crippen LogP contribution in [0.4, 0.5) is 5.69 Å². The highest BCUT2D eigenvalue weighted by molar-refractivity contribution is 5.92. The van der Waals surface area contributed by atoms with Crippen LogP contribution in [0.5, 0.6) is 0 Å². The molecule has 2 aromatic carbocycles. The van der Waals surface area contributed by atoms with E-state index in [1.165, 1.54) is 4.57 Å². The largest absolute Gasteiger partial charge is 0.420 e. The zero-order valence-electron chi connectivity index (χ0n) is 17.4. The molecule has 0 saturated carbocycles. The third kappa shape index (κ3) is 4.86. The number of rotatable bonds is 6. The molecule has 2 amide bonds. The van der Waals surface area contributed by atoms with Crippen molar-refractivity contribution in [3.63, 3.8) is 0 Å². The van der Waals surface area contributed by atoms with Gasteiger partial charge in [0.2, 0.25) is 11.8 Å². The Hall–Kier alpha value is -3.39. The molecule has 0 bridgehead atoms. The minimum Gasteiger partial charge on any atom is -0.408 e. The number of likely N-dealkylation sites (tertiary alicyclic amines) is 1. The molecular weight excluding hydrogens is 396 g/mol. The summed E-state index contributed by atoms with van der Waals surface area (Å²) in [5.74, 6) is -0.800. The predicted molar refractivity (Wildman–Crippen MR) is 118 cm³/mol. The quantitative estimate of drug-likeness (QED) is 0.636. The van der Waals surface area contributed by atoms with Gasteiger partial charge in [-0.25, -0.2) is 4.79 Å². The minimum absolute atomic E-state index is 0.0113. The Morgan fingerprint density at radius 2 is 1.74 bits per heavy atom. The maximum Gasteiger partial charge on any atom is 0.420 e. The van der Waals surface area contributed by atoms with Crippen LogP contribution >= 0.6 is 0 Å². The second-order valence-corrected chi connectivity index (χ2v) is 7.85. The average molecular weight is 422 g/mol. The Morgan fingerprint density at radius 3 is 2.48 bits per heavy atom. The van der Waals surface area contributed by atoms with Crippen LogP contribution in [-0.2, 0) is 9.59 Å². The first-order valence-corrected chi connectivity index (χ1v) is 10.5. The van der Waals surface area contributed by atoms with Gasteiger partial charge in [0.05, 0.1) is 12.1 Å². The number of carbonyl (C=O) groups excluding carboxylic acids is 2. The lowest BCUT2D eigenvalue weighted by Gasteiger charge is -2.32. The van der Waals surface area contributed by atoms with Crippen molar-refractivity contribution in [2.45, 2.75) is 31.8 Å². The van der Waals surface area contributed by atoms with Crippen LogP contribution in [0.3, 0.4) is 0 Å². The van der Waals surface area contributed by atoms with Crippen LogP contribution in [-0.4, -0.2) is 47.0 Å². The van der Waals surface area contributed by atoms with Gasteiger partial charge in [0, 0.05) is 24.8 Å². The molecule has 1 unspecified atom stereocenters. The number of anilines is 1. The van der Waals surface area contributed by atoms with Gasteiger partial charge in [-0.1, -0.05) is 30.3 Å². The van der Waals surface area contributed by atoms with Crippen molar-refractivity contribution in [1.29, 1.82) is 0 Å². The van der Waals surface area contributed by atoms with Crippen LogP contribution in [0.2, 0.25) is 0 Å². The first-order chi connectivity index (χ1) is 15.0. The van der Waals surface area contributed by atoms with Gasteiger partial charge in [-0.3, -0.25) is 19.1 Å². The molecule has 0 spiro atoms. The summed E-state index contributed by atoms with van der Waals surface area (Å²) in [4.78, 5) is 39.3. The molecule has 4 rings (SSSR count). The smallest absolute Gasteiger partial charge is 0.408 e. The number of hydrogen-bond donors (Lipinski definition) is 2. The van der Waals surface area contributed by atoms with E-state index in [4.69, 9.17) is 4.42 Å². The monoisotopic (exact) mass is 422 g/mol. The van der Waals surface area contributed by atoms with Gasteiger partial charge >= 0.3 is 5.76 Å². The molecule has 0 radical (unpaired) electrons. The highest BCUT2D eigenvalue weighted by atomic mass is 16.4. The number of oxazole rings is 1. The molecule has 1 aromatic heterocycles. The van der Waals surface area contributed by atoms with E-state index in [9.17, 15) is 14.4 Å². The summed E-state index contributed by atoms with van der Waals surface area (Å²) in [6, 6.07) is 15.8. The molecule has 0 aliphatic carbocycles. The molecule has 2 N–H and O–H groups in total. The molecular formula is C23H26N4O4. The van der Waals surface area contributed by atoms with E-state index in [0.29, 0.717) is 17.6 Å². The lowest BCUT2D eigenvalue weighted by Crippen LogP contribution is -2.48. The maximum atomic E-state index is 12.8. The SMILES string of the molecule is CC(C(=O)NC1CCN(CC(=O)Nc2ccccc2)CC1)n1c(=O)oc2ccccc21. The van der Waals surface area contributed by atoms with E-state index >= 15 is 0 Å². The van der Waals surface area contributed by atoms with Gasteiger partial charge in [-0.15, -0.1) is 0 Å². The zero-order chi connectivity index (χ0) is 21.8. The minimum atomic E-state index is -0.675. The van der Waals surface area contributed by atoms with Crippen molar-refractivity contribution >= 4 is 28.6 Å². The molecule has 1 aliphatic heterocycles. The van der Waals surface area contributed by atoms with Crippen molar-refractivity contribution in [1.82, 2.24) is 14.8 Å². The van der Waals surface area contributed by atoms with Crippen LogP contribution in [0.25, 0.3) is 11.1 Å². The Morgan fingerprint density at radius 1 is 1.06 bits per heavy atom. The third-order valence-electron chi connectivity index (χ3n) is 5.64. The van der Waals surface area contributed by atoms with E-state index in [-0.39, 0.29) is 17.9 Å². The highest BCUT2D eigenvalue weighted by Gasteiger charge is 2.26. The second-order valence-electron chi connectivity index (χ2n) is 7.85. The Labute approximate surface area is 179 Å². The fourth-order valence-corrected chi connectivity index (χ4v) is 3.95. The highest BCUT2D eigenvalue weighted by Crippen LogP contribution is 2.18. The summed E-state index contributed by atoms with van der Waals surface area (Å²) >= 11 is 0. The molecule has 1 atom stereocenters. The van der Waals surface area contributed by atoms with Gasteiger partial charge in [0.1, 0.15) is 6.04 Å². The van der Waals surface area contributed by atoms with E-state index in [1.807, 2.05) is 36.4 Å². The predicted octanol–water partition coefficient (Wildman–Crippen LogP) is 2.37. The lowest BCUT2D eigenvalue weighted by atomic mass is 10.0.